The van der Waals surface area contributed by atoms with Crippen LogP contribution in [0.5, 0.6) is 0 Å². The molecule has 0 aromatic carbocycles. The van der Waals surface area contributed by atoms with Crippen molar-refractivity contribution < 1.29 is 13.9 Å². The van der Waals surface area contributed by atoms with Crippen molar-refractivity contribution in [1.82, 2.24) is 19.2 Å². The van der Waals surface area contributed by atoms with E-state index in [1.54, 1.807) is 24.1 Å². The second kappa shape index (κ2) is 7.63. The minimum atomic E-state index is -0.121. The Kier molecular flexibility index (Phi) is 5.23. The van der Waals surface area contributed by atoms with E-state index in [2.05, 4.69) is 21.0 Å². The Balaban J connectivity index is 1.57. The number of amides is 1. The van der Waals surface area contributed by atoms with Gasteiger partial charge in [0.15, 0.2) is 10.4 Å². The molecule has 1 saturated carbocycles. The Labute approximate surface area is 165 Å². The summed E-state index contributed by atoms with van der Waals surface area (Å²) >= 11 is 3.24. The molecule has 0 N–H and O–H groups in total. The fourth-order valence-electron chi connectivity index (χ4n) is 3.67. The molecule has 0 bridgehead atoms. The summed E-state index contributed by atoms with van der Waals surface area (Å²) in [6.07, 6.45) is 3.82. The van der Waals surface area contributed by atoms with Crippen LogP contribution in [0.1, 0.15) is 54.0 Å². The molecule has 9 heteroatoms. The van der Waals surface area contributed by atoms with Crippen LogP contribution in [0.15, 0.2) is 26.0 Å². The zero-order valence-electron chi connectivity index (χ0n) is 15.3. The molecule has 1 amide bonds. The second-order valence-corrected chi connectivity index (χ2v) is 7.93. The van der Waals surface area contributed by atoms with Crippen LogP contribution in [0.4, 0.5) is 0 Å². The van der Waals surface area contributed by atoms with Gasteiger partial charge in [0.2, 0.25) is 0 Å². The lowest BCUT2D eigenvalue weighted by Crippen LogP contribution is -2.40. The van der Waals surface area contributed by atoms with Crippen molar-refractivity contribution in [3.8, 4) is 0 Å². The third-order valence-electron chi connectivity index (χ3n) is 5.17. The van der Waals surface area contributed by atoms with Crippen molar-refractivity contribution in [1.29, 1.82) is 0 Å². The number of likely N-dealkylation sites (tertiary alicyclic amines) is 1. The number of hydrogen-bond donors (Lipinski definition) is 0. The number of ether oxygens (including phenoxy) is 1. The van der Waals surface area contributed by atoms with Gasteiger partial charge >= 0.3 is 5.69 Å². The average Bonchev–Trinajstić information content (AvgIpc) is 3.33. The van der Waals surface area contributed by atoms with E-state index < -0.39 is 0 Å². The van der Waals surface area contributed by atoms with Gasteiger partial charge in [0.1, 0.15) is 5.82 Å². The van der Waals surface area contributed by atoms with Crippen molar-refractivity contribution in [3.63, 3.8) is 0 Å². The van der Waals surface area contributed by atoms with Gasteiger partial charge in [-0.2, -0.15) is 5.10 Å². The summed E-state index contributed by atoms with van der Waals surface area (Å²) in [6, 6.07) is 3.64. The maximum absolute atomic E-state index is 12.8. The maximum atomic E-state index is 12.8. The predicted octanol–water partition coefficient (Wildman–Crippen LogP) is 2.40. The van der Waals surface area contributed by atoms with Crippen molar-refractivity contribution >= 4 is 21.8 Å². The molecule has 1 aliphatic carbocycles. The van der Waals surface area contributed by atoms with Gasteiger partial charge in [-0.25, -0.2) is 9.48 Å². The molecule has 2 aliphatic rings. The first-order valence-corrected chi connectivity index (χ1v) is 10.1. The molecule has 2 aromatic rings. The number of aromatic nitrogens is 3. The monoisotopic (exact) mass is 438 g/mol. The Hall–Kier alpha value is -1.87. The second-order valence-electron chi connectivity index (χ2n) is 7.15. The summed E-state index contributed by atoms with van der Waals surface area (Å²) < 4.78 is 14.4. The number of halogens is 1. The predicted molar refractivity (Wildman–Crippen MR) is 101 cm³/mol. The van der Waals surface area contributed by atoms with Crippen molar-refractivity contribution in [3.05, 3.63) is 38.9 Å². The quantitative estimate of drug-likeness (QED) is 0.691. The highest BCUT2D eigenvalue weighted by Crippen LogP contribution is 2.37. The molecule has 1 unspecified atom stereocenters. The molecule has 27 heavy (non-hydrogen) atoms. The van der Waals surface area contributed by atoms with Crippen LogP contribution >= 0.6 is 15.9 Å². The molecule has 1 aliphatic heterocycles. The first kappa shape index (κ1) is 18.5. The Bertz CT molecular complexity index is 882. The number of piperidine rings is 1. The highest BCUT2D eigenvalue weighted by molar-refractivity contribution is 9.10. The van der Waals surface area contributed by atoms with E-state index >= 15 is 0 Å². The van der Waals surface area contributed by atoms with Crippen molar-refractivity contribution in [2.45, 2.75) is 44.2 Å². The molecule has 0 radical (unpaired) electrons. The lowest BCUT2D eigenvalue weighted by atomic mass is 9.97. The lowest BCUT2D eigenvalue weighted by molar-refractivity contribution is 0.0669. The van der Waals surface area contributed by atoms with Gasteiger partial charge in [0.25, 0.3) is 5.91 Å². The van der Waals surface area contributed by atoms with Gasteiger partial charge < -0.3 is 14.1 Å². The number of nitrogens with zero attached hydrogens (tertiary/aromatic N) is 4. The fraction of sp³-hybridized carbons (Fsp3) is 0.611. The Morgan fingerprint density at radius 1 is 1.37 bits per heavy atom. The smallest absolute Gasteiger partial charge is 0.346 e. The van der Waals surface area contributed by atoms with Crippen LogP contribution in [0.2, 0.25) is 0 Å². The third kappa shape index (κ3) is 3.75. The van der Waals surface area contributed by atoms with Crippen LogP contribution in [0, 0.1) is 0 Å². The highest BCUT2D eigenvalue weighted by atomic mass is 79.9. The summed E-state index contributed by atoms with van der Waals surface area (Å²) in [5, 5.41) is 4.62. The first-order valence-electron chi connectivity index (χ1n) is 9.31. The van der Waals surface area contributed by atoms with Gasteiger partial charge in [-0.3, -0.25) is 9.36 Å². The molecule has 0 spiro atoms. The van der Waals surface area contributed by atoms with Gasteiger partial charge in [-0.15, -0.1) is 0 Å². The van der Waals surface area contributed by atoms with E-state index in [0.29, 0.717) is 36.7 Å². The minimum absolute atomic E-state index is 0.0539. The Morgan fingerprint density at radius 3 is 2.85 bits per heavy atom. The number of hydrogen-bond acceptors (Lipinski definition) is 5. The van der Waals surface area contributed by atoms with Crippen LogP contribution in [-0.2, 0) is 11.3 Å². The SMILES string of the molecule is COCCn1nc(C2CCCN(C(=O)c3ccc(Br)o3)C2)n(C2CC2)c1=O. The zero-order valence-corrected chi connectivity index (χ0v) is 16.9. The van der Waals surface area contributed by atoms with E-state index in [9.17, 15) is 9.59 Å². The molecule has 2 fully saturated rings. The van der Waals surface area contributed by atoms with Crippen LogP contribution < -0.4 is 5.69 Å². The Morgan fingerprint density at radius 2 is 2.19 bits per heavy atom. The standard InChI is InChI=1S/C18H23BrN4O4/c1-26-10-9-22-18(25)23(13-4-5-13)16(20-22)12-3-2-8-21(11-12)17(24)14-6-7-15(19)27-14/h6-7,12-13H,2-5,8-11H2,1H3. The molecule has 2 aromatic heterocycles. The first-order chi connectivity index (χ1) is 13.1. The molecule has 4 rings (SSSR count). The van der Waals surface area contributed by atoms with Crippen LogP contribution in [0.25, 0.3) is 0 Å². The lowest BCUT2D eigenvalue weighted by Gasteiger charge is -2.31. The summed E-state index contributed by atoms with van der Waals surface area (Å²) in [4.78, 5) is 27.3. The zero-order chi connectivity index (χ0) is 19.0. The van der Waals surface area contributed by atoms with Crippen molar-refractivity contribution in [2.24, 2.45) is 0 Å². The average molecular weight is 439 g/mol. The molecule has 3 heterocycles. The van der Waals surface area contributed by atoms with Crippen LogP contribution in [-0.4, -0.2) is 52.0 Å². The third-order valence-corrected chi connectivity index (χ3v) is 5.60. The summed E-state index contributed by atoms with van der Waals surface area (Å²) in [7, 11) is 1.61. The van der Waals surface area contributed by atoms with Gasteiger partial charge in [-0.05, 0) is 53.7 Å². The molecular weight excluding hydrogens is 416 g/mol. The summed E-state index contributed by atoms with van der Waals surface area (Å²) in [6.45, 7) is 2.12. The topological polar surface area (TPSA) is 82.5 Å². The molecule has 1 atom stereocenters. The summed E-state index contributed by atoms with van der Waals surface area (Å²) in [5.41, 5.74) is -0.0667. The highest BCUT2D eigenvalue weighted by Gasteiger charge is 2.35. The van der Waals surface area contributed by atoms with E-state index in [4.69, 9.17) is 9.15 Å². The molecule has 146 valence electrons. The number of carbonyl (C=O) groups excluding carboxylic acids is 1. The van der Waals surface area contributed by atoms with E-state index in [-0.39, 0.29) is 23.6 Å². The van der Waals surface area contributed by atoms with E-state index in [0.717, 1.165) is 31.5 Å². The largest absolute Gasteiger partial charge is 0.444 e. The van der Waals surface area contributed by atoms with Crippen LogP contribution in [0.3, 0.4) is 0 Å². The van der Waals surface area contributed by atoms with Crippen molar-refractivity contribution in [2.75, 3.05) is 26.8 Å². The van der Waals surface area contributed by atoms with Gasteiger partial charge in [0, 0.05) is 32.2 Å². The molecule has 8 nitrogen and oxygen atoms in total. The maximum Gasteiger partial charge on any atom is 0.346 e. The molecular formula is C18H23BrN4O4. The molecule has 1 saturated heterocycles. The number of methoxy groups -OCH3 is 1. The number of furan rings is 1. The van der Waals surface area contributed by atoms with E-state index in [1.165, 1.54) is 4.68 Å². The number of carbonyl (C=O) groups is 1. The fourth-order valence-corrected chi connectivity index (χ4v) is 3.98. The van der Waals surface area contributed by atoms with Gasteiger partial charge in [0.05, 0.1) is 13.2 Å². The minimum Gasteiger partial charge on any atom is -0.444 e. The summed E-state index contributed by atoms with van der Waals surface area (Å²) in [5.74, 6) is 1.06. The van der Waals surface area contributed by atoms with E-state index in [1.807, 2.05) is 4.57 Å². The van der Waals surface area contributed by atoms with Gasteiger partial charge in [-0.1, -0.05) is 0 Å². The normalized spacial score (nSPS) is 20.2. The number of rotatable bonds is 6.